The molecule has 0 fully saturated rings. The molecule has 0 heterocycles. The fourth-order valence-electron chi connectivity index (χ4n) is 2.28. The van der Waals surface area contributed by atoms with Gasteiger partial charge in [0.15, 0.2) is 0 Å². The van der Waals surface area contributed by atoms with Crippen LogP contribution in [0.5, 0.6) is 0 Å². The van der Waals surface area contributed by atoms with Gasteiger partial charge in [-0.15, -0.1) is 0 Å². The van der Waals surface area contributed by atoms with Crippen molar-refractivity contribution in [3.8, 4) is 0 Å². The van der Waals surface area contributed by atoms with Gasteiger partial charge in [-0.25, -0.2) is 0 Å². The largest absolute Gasteiger partial charge is 0.377 e. The van der Waals surface area contributed by atoms with Gasteiger partial charge in [-0.3, -0.25) is 0 Å². The average molecular weight is 354 g/mol. The minimum atomic E-state index is 0.0849. The maximum absolute atomic E-state index is 6.01. The van der Waals surface area contributed by atoms with Gasteiger partial charge in [0.1, 0.15) is 0 Å². The van der Waals surface area contributed by atoms with Crippen molar-refractivity contribution in [2.45, 2.75) is 19.9 Å². The van der Waals surface area contributed by atoms with Crippen LogP contribution >= 0.6 is 27.5 Å². The average Bonchev–Trinajstić information content (AvgIpc) is 2.38. The number of anilines is 1. The molecular weight excluding hydrogens is 336 g/mol. The van der Waals surface area contributed by atoms with Crippen LogP contribution in [0.15, 0.2) is 40.9 Å². The van der Waals surface area contributed by atoms with E-state index in [1.807, 2.05) is 18.2 Å². The molecule has 2 aromatic rings. The molecule has 2 rings (SSSR count). The first-order valence-corrected chi connectivity index (χ1v) is 7.66. The molecule has 2 aromatic carbocycles. The van der Waals surface area contributed by atoms with E-state index in [9.17, 15) is 0 Å². The highest BCUT2D eigenvalue weighted by Crippen LogP contribution is 2.28. The van der Waals surface area contributed by atoms with E-state index in [0.717, 1.165) is 10.2 Å². The molecule has 0 amide bonds. The number of nitrogens with two attached hydrogens (primary N) is 1. The maximum atomic E-state index is 6.01. The number of nitrogens with one attached hydrogen (secondary N) is 1. The monoisotopic (exact) mass is 352 g/mol. The number of benzene rings is 2. The van der Waals surface area contributed by atoms with Crippen molar-refractivity contribution in [3.05, 3.63) is 62.6 Å². The van der Waals surface area contributed by atoms with Gasteiger partial charge in [-0.2, -0.15) is 0 Å². The Morgan fingerprint density at radius 3 is 2.35 bits per heavy atom. The topological polar surface area (TPSA) is 38.0 Å². The van der Waals surface area contributed by atoms with Crippen molar-refractivity contribution in [1.29, 1.82) is 0 Å². The number of aryl methyl sites for hydroxylation is 2. The predicted octanol–water partition coefficient (Wildman–Crippen LogP) is 4.83. The van der Waals surface area contributed by atoms with Crippen LogP contribution < -0.4 is 11.1 Å². The summed E-state index contributed by atoms with van der Waals surface area (Å²) in [7, 11) is 0. The van der Waals surface area contributed by atoms with Crippen LogP contribution in [0.3, 0.4) is 0 Å². The van der Waals surface area contributed by atoms with Gasteiger partial charge in [-0.05, 0) is 53.5 Å². The summed E-state index contributed by atoms with van der Waals surface area (Å²) >= 11 is 9.44. The van der Waals surface area contributed by atoms with Crippen LogP contribution in [0.2, 0.25) is 5.02 Å². The third-order valence-electron chi connectivity index (χ3n) is 3.14. The van der Waals surface area contributed by atoms with Gasteiger partial charge in [0.2, 0.25) is 0 Å². The summed E-state index contributed by atoms with van der Waals surface area (Å²) in [6.45, 7) is 4.73. The quantitative estimate of drug-likeness (QED) is 0.826. The summed E-state index contributed by atoms with van der Waals surface area (Å²) < 4.78 is 0.875. The lowest BCUT2D eigenvalue weighted by Gasteiger charge is -2.20. The van der Waals surface area contributed by atoms with Crippen molar-refractivity contribution in [3.63, 3.8) is 0 Å². The summed E-state index contributed by atoms with van der Waals surface area (Å²) in [5, 5.41) is 4.15. The van der Waals surface area contributed by atoms with Gasteiger partial charge < -0.3 is 11.1 Å². The van der Waals surface area contributed by atoms with Gasteiger partial charge in [0.05, 0.1) is 11.1 Å². The molecule has 0 bridgehead atoms. The van der Waals surface area contributed by atoms with Crippen LogP contribution in [-0.4, -0.2) is 6.54 Å². The van der Waals surface area contributed by atoms with Crippen molar-refractivity contribution in [2.24, 2.45) is 5.73 Å². The number of halogens is 2. The van der Waals surface area contributed by atoms with E-state index in [2.05, 4.69) is 53.3 Å². The zero-order valence-corrected chi connectivity index (χ0v) is 13.9. The highest BCUT2D eigenvalue weighted by atomic mass is 79.9. The number of hydrogen-bond acceptors (Lipinski definition) is 2. The van der Waals surface area contributed by atoms with Gasteiger partial charge in [0, 0.05) is 16.7 Å². The lowest BCUT2D eigenvalue weighted by atomic mass is 10.0. The fraction of sp³-hybridized carbons (Fsp3) is 0.250. The molecule has 0 saturated heterocycles. The molecule has 0 radical (unpaired) electrons. The van der Waals surface area contributed by atoms with E-state index in [0.29, 0.717) is 11.6 Å². The standard InChI is InChI=1S/C16H18BrClN2/c1-10-5-11(2)7-12(6-10)16(9-19)20-13-3-4-15(18)14(17)8-13/h3-8,16,20H,9,19H2,1-2H3. The molecule has 0 aliphatic carbocycles. The predicted molar refractivity (Wildman–Crippen MR) is 90.5 cm³/mol. The molecule has 2 nitrogen and oxygen atoms in total. The third kappa shape index (κ3) is 3.75. The van der Waals surface area contributed by atoms with Crippen molar-refractivity contribution >= 4 is 33.2 Å². The van der Waals surface area contributed by atoms with Crippen LogP contribution in [0.25, 0.3) is 0 Å². The van der Waals surface area contributed by atoms with Crippen molar-refractivity contribution in [1.82, 2.24) is 0 Å². The minimum absolute atomic E-state index is 0.0849. The lowest BCUT2D eigenvalue weighted by Crippen LogP contribution is -2.20. The lowest BCUT2D eigenvalue weighted by molar-refractivity contribution is 0.788. The Balaban J connectivity index is 2.26. The molecule has 3 N–H and O–H groups in total. The molecular formula is C16H18BrClN2. The van der Waals surface area contributed by atoms with Gasteiger partial charge >= 0.3 is 0 Å². The van der Waals surface area contributed by atoms with E-state index in [-0.39, 0.29) is 6.04 Å². The van der Waals surface area contributed by atoms with Crippen molar-refractivity contribution in [2.75, 3.05) is 11.9 Å². The zero-order valence-electron chi connectivity index (χ0n) is 11.6. The van der Waals surface area contributed by atoms with Crippen molar-refractivity contribution < 1.29 is 0 Å². The van der Waals surface area contributed by atoms with E-state index in [1.54, 1.807) is 0 Å². The summed E-state index contributed by atoms with van der Waals surface area (Å²) in [6, 6.07) is 12.4. The summed E-state index contributed by atoms with van der Waals surface area (Å²) in [5.41, 5.74) is 10.6. The Morgan fingerprint density at radius 1 is 1.15 bits per heavy atom. The van der Waals surface area contributed by atoms with Gasteiger partial charge in [0.25, 0.3) is 0 Å². The molecule has 0 saturated carbocycles. The highest BCUT2D eigenvalue weighted by Gasteiger charge is 2.11. The normalized spacial score (nSPS) is 12.2. The zero-order chi connectivity index (χ0) is 14.7. The Labute approximate surface area is 133 Å². The summed E-state index contributed by atoms with van der Waals surface area (Å²) in [6.07, 6.45) is 0. The molecule has 1 atom stereocenters. The van der Waals surface area contributed by atoms with E-state index in [4.69, 9.17) is 17.3 Å². The Bertz CT molecular complexity index is 593. The van der Waals surface area contributed by atoms with E-state index in [1.165, 1.54) is 16.7 Å². The van der Waals surface area contributed by atoms with E-state index < -0.39 is 0 Å². The van der Waals surface area contributed by atoms with Crippen LogP contribution in [0.4, 0.5) is 5.69 Å². The van der Waals surface area contributed by atoms with Gasteiger partial charge in [-0.1, -0.05) is 40.9 Å². The minimum Gasteiger partial charge on any atom is -0.377 e. The molecule has 0 aliphatic heterocycles. The van der Waals surface area contributed by atoms with E-state index >= 15 is 0 Å². The molecule has 4 heteroatoms. The SMILES string of the molecule is Cc1cc(C)cc(C(CN)Nc2ccc(Cl)c(Br)c2)c1. The summed E-state index contributed by atoms with van der Waals surface area (Å²) in [4.78, 5) is 0. The van der Waals surface area contributed by atoms with Crippen LogP contribution in [-0.2, 0) is 0 Å². The second-order valence-corrected chi connectivity index (χ2v) is 6.24. The second-order valence-electron chi connectivity index (χ2n) is 4.98. The smallest absolute Gasteiger partial charge is 0.0636 e. The number of hydrogen-bond donors (Lipinski definition) is 2. The van der Waals surface area contributed by atoms with Crippen LogP contribution in [0.1, 0.15) is 22.7 Å². The Kier molecular flexibility index (Phi) is 5.08. The first-order chi connectivity index (χ1) is 9.49. The Morgan fingerprint density at radius 2 is 1.80 bits per heavy atom. The second kappa shape index (κ2) is 6.61. The summed E-state index contributed by atoms with van der Waals surface area (Å²) in [5.74, 6) is 0. The highest BCUT2D eigenvalue weighted by molar-refractivity contribution is 9.10. The molecule has 20 heavy (non-hydrogen) atoms. The third-order valence-corrected chi connectivity index (χ3v) is 4.36. The maximum Gasteiger partial charge on any atom is 0.0636 e. The number of rotatable bonds is 4. The first-order valence-electron chi connectivity index (χ1n) is 6.49. The molecule has 106 valence electrons. The fourth-order valence-corrected chi connectivity index (χ4v) is 2.77. The Hall–Kier alpha value is -1.03. The van der Waals surface area contributed by atoms with Crippen LogP contribution in [0, 0.1) is 13.8 Å². The molecule has 0 aromatic heterocycles. The first kappa shape index (κ1) is 15.4. The molecule has 1 unspecified atom stereocenters. The molecule has 0 spiro atoms. The molecule has 0 aliphatic rings.